The molecule has 1 N–H and O–H groups in total. The number of aryl methyl sites for hydroxylation is 1. The highest BCUT2D eigenvalue weighted by molar-refractivity contribution is 9.10. The fourth-order valence-corrected chi connectivity index (χ4v) is 1.68. The van der Waals surface area contributed by atoms with Gasteiger partial charge in [0, 0.05) is 0 Å². The summed E-state index contributed by atoms with van der Waals surface area (Å²) < 4.78 is 16.0. The number of esters is 1. The average Bonchev–Trinajstić information content (AvgIpc) is 2.29. The van der Waals surface area contributed by atoms with E-state index in [2.05, 4.69) is 20.7 Å². The summed E-state index contributed by atoms with van der Waals surface area (Å²) in [6.45, 7) is 3.49. The van der Waals surface area contributed by atoms with Crippen LogP contribution in [0, 0.1) is 6.92 Å². The molecule has 0 aliphatic heterocycles. The molecule has 0 saturated carbocycles. The predicted molar refractivity (Wildman–Crippen MR) is 65.5 cm³/mol. The first kappa shape index (κ1) is 14.1. The van der Waals surface area contributed by atoms with E-state index in [9.17, 15) is 14.3 Å². The van der Waals surface area contributed by atoms with Gasteiger partial charge >= 0.3 is 5.97 Å². The van der Waals surface area contributed by atoms with Crippen LogP contribution in [-0.2, 0) is 9.53 Å². The van der Waals surface area contributed by atoms with Crippen molar-refractivity contribution in [3.8, 4) is 0 Å². The molecule has 17 heavy (non-hydrogen) atoms. The van der Waals surface area contributed by atoms with Crippen LogP contribution in [0.25, 0.3) is 0 Å². The van der Waals surface area contributed by atoms with E-state index in [1.54, 1.807) is 31.2 Å². The highest BCUT2D eigenvalue weighted by Crippen LogP contribution is 2.36. The van der Waals surface area contributed by atoms with Gasteiger partial charge in [0.2, 0.25) is 0 Å². The Labute approximate surface area is 108 Å². The zero-order valence-electron chi connectivity index (χ0n) is 9.61. The lowest BCUT2D eigenvalue weighted by molar-refractivity contribution is -0.156. The van der Waals surface area contributed by atoms with E-state index in [0.717, 1.165) is 5.56 Å². The lowest BCUT2D eigenvalue weighted by Gasteiger charge is -2.22. The van der Waals surface area contributed by atoms with Crippen molar-refractivity contribution in [2.24, 2.45) is 0 Å². The molecule has 0 aliphatic rings. The molecule has 5 heteroatoms. The Kier molecular flexibility index (Phi) is 4.65. The molecule has 1 aromatic rings. The summed E-state index contributed by atoms with van der Waals surface area (Å²) in [4.78, 5) is 11.3. The predicted octanol–water partition coefficient (Wildman–Crippen LogP) is 2.65. The Bertz CT molecular complexity index is 389. The number of carbonyl (C=O) groups is 1. The van der Waals surface area contributed by atoms with Crippen LogP contribution in [0.2, 0.25) is 0 Å². The van der Waals surface area contributed by atoms with Crippen LogP contribution in [0.15, 0.2) is 24.3 Å². The number of alkyl halides is 2. The maximum Gasteiger partial charge on any atom is 0.358 e. The normalized spacial score (nSPS) is 16.1. The standard InChI is InChI=1S/C12H14BrFO3/c1-3-17-11(16)12(13,14)10(15)9-6-4-8(2)5-7-9/h4-7,10,15H,3H2,1-2H3/t10-,12+/m1/s1. The van der Waals surface area contributed by atoms with Crippen LogP contribution in [0.4, 0.5) is 4.39 Å². The molecule has 1 rings (SSSR count). The quantitative estimate of drug-likeness (QED) is 0.687. The minimum Gasteiger partial charge on any atom is -0.463 e. The molecule has 0 aliphatic carbocycles. The molecule has 0 unspecified atom stereocenters. The summed E-state index contributed by atoms with van der Waals surface area (Å²) >= 11 is 2.58. The molecule has 0 saturated heterocycles. The van der Waals surface area contributed by atoms with Gasteiger partial charge in [0.15, 0.2) is 0 Å². The fourth-order valence-electron chi connectivity index (χ4n) is 1.30. The van der Waals surface area contributed by atoms with Gasteiger partial charge in [-0.3, -0.25) is 0 Å². The summed E-state index contributed by atoms with van der Waals surface area (Å²) in [7, 11) is 0. The zero-order valence-corrected chi connectivity index (χ0v) is 11.2. The van der Waals surface area contributed by atoms with Crippen molar-refractivity contribution in [3.63, 3.8) is 0 Å². The van der Waals surface area contributed by atoms with Crippen LogP contribution in [0.3, 0.4) is 0 Å². The SMILES string of the molecule is CCOC(=O)[C@](F)(Br)[C@H](O)c1ccc(C)cc1. The van der Waals surface area contributed by atoms with Crippen LogP contribution in [0.5, 0.6) is 0 Å². The fraction of sp³-hybridized carbons (Fsp3) is 0.417. The monoisotopic (exact) mass is 304 g/mol. The lowest BCUT2D eigenvalue weighted by Crippen LogP contribution is -2.35. The maximum atomic E-state index is 14.0. The number of benzene rings is 1. The van der Waals surface area contributed by atoms with Gasteiger partial charge in [-0.05, 0) is 35.3 Å². The third-order valence-corrected chi connectivity index (χ3v) is 3.04. The molecule has 0 heterocycles. The summed E-state index contributed by atoms with van der Waals surface area (Å²) in [5.41, 5.74) is 1.29. The van der Waals surface area contributed by atoms with E-state index in [0.29, 0.717) is 5.56 Å². The topological polar surface area (TPSA) is 46.5 Å². The van der Waals surface area contributed by atoms with E-state index in [4.69, 9.17) is 0 Å². The van der Waals surface area contributed by atoms with E-state index < -0.39 is 16.7 Å². The largest absolute Gasteiger partial charge is 0.463 e. The number of ether oxygens (including phenoxy) is 1. The molecule has 3 nitrogen and oxygen atoms in total. The molecule has 0 fully saturated rings. The average molecular weight is 305 g/mol. The van der Waals surface area contributed by atoms with Gasteiger partial charge in [0.25, 0.3) is 4.58 Å². The molecule has 0 bridgehead atoms. The van der Waals surface area contributed by atoms with Crippen LogP contribution in [-0.4, -0.2) is 22.3 Å². The van der Waals surface area contributed by atoms with E-state index in [-0.39, 0.29) is 6.61 Å². The van der Waals surface area contributed by atoms with E-state index >= 15 is 0 Å². The number of hydrogen-bond acceptors (Lipinski definition) is 3. The Balaban J connectivity index is 2.91. The number of aliphatic hydroxyl groups is 1. The maximum absolute atomic E-state index is 14.0. The first-order chi connectivity index (χ1) is 7.89. The van der Waals surface area contributed by atoms with E-state index in [1.165, 1.54) is 0 Å². The Hall–Kier alpha value is -0.940. The highest BCUT2D eigenvalue weighted by Gasteiger charge is 2.45. The number of hydrogen-bond donors (Lipinski definition) is 1. The molecular formula is C12H14BrFO3. The minimum absolute atomic E-state index is 0.0523. The summed E-state index contributed by atoms with van der Waals surface area (Å²) in [5, 5.41) is 9.81. The van der Waals surface area contributed by atoms with Gasteiger partial charge in [-0.2, -0.15) is 0 Å². The molecule has 0 spiro atoms. The van der Waals surface area contributed by atoms with Crippen LogP contribution in [0.1, 0.15) is 24.2 Å². The summed E-state index contributed by atoms with van der Waals surface area (Å²) in [6.07, 6.45) is -1.61. The number of aliphatic hydroxyl groups excluding tert-OH is 1. The second kappa shape index (κ2) is 5.60. The van der Waals surface area contributed by atoms with Crippen molar-refractivity contribution in [2.75, 3.05) is 6.61 Å². The van der Waals surface area contributed by atoms with Gasteiger partial charge in [-0.1, -0.05) is 29.8 Å². The van der Waals surface area contributed by atoms with Gasteiger partial charge < -0.3 is 9.84 Å². The molecule has 94 valence electrons. The molecular weight excluding hydrogens is 291 g/mol. The molecule has 2 atom stereocenters. The minimum atomic E-state index is -2.63. The number of rotatable bonds is 4. The summed E-state index contributed by atoms with van der Waals surface area (Å²) in [5.74, 6) is -1.13. The molecule has 0 radical (unpaired) electrons. The Morgan fingerprint density at radius 1 is 1.53 bits per heavy atom. The third-order valence-electron chi connectivity index (χ3n) is 2.28. The van der Waals surface area contributed by atoms with Crippen molar-refractivity contribution in [3.05, 3.63) is 35.4 Å². The highest BCUT2D eigenvalue weighted by atomic mass is 79.9. The zero-order chi connectivity index (χ0) is 13.1. The van der Waals surface area contributed by atoms with Crippen molar-refractivity contribution < 1.29 is 19.0 Å². The number of carbonyl (C=O) groups excluding carboxylic acids is 1. The first-order valence-corrected chi connectivity index (χ1v) is 5.98. The van der Waals surface area contributed by atoms with E-state index in [1.807, 2.05) is 6.92 Å². The van der Waals surface area contributed by atoms with Crippen molar-refractivity contribution in [2.45, 2.75) is 24.5 Å². The Morgan fingerprint density at radius 3 is 2.53 bits per heavy atom. The van der Waals surface area contributed by atoms with Gasteiger partial charge in [0.1, 0.15) is 6.10 Å². The number of halogens is 2. The second-order valence-corrected chi connectivity index (χ2v) is 4.81. The first-order valence-electron chi connectivity index (χ1n) is 5.19. The molecule has 0 amide bonds. The van der Waals surface area contributed by atoms with Gasteiger partial charge in [-0.25, -0.2) is 9.18 Å². The molecule has 1 aromatic carbocycles. The van der Waals surface area contributed by atoms with Crippen molar-refractivity contribution in [1.29, 1.82) is 0 Å². The third kappa shape index (κ3) is 3.26. The van der Waals surface area contributed by atoms with Gasteiger partial charge in [-0.15, -0.1) is 0 Å². The smallest absolute Gasteiger partial charge is 0.358 e. The summed E-state index contributed by atoms with van der Waals surface area (Å²) in [6, 6.07) is 6.59. The van der Waals surface area contributed by atoms with Crippen molar-refractivity contribution >= 4 is 21.9 Å². The Morgan fingerprint density at radius 2 is 2.06 bits per heavy atom. The van der Waals surface area contributed by atoms with Gasteiger partial charge in [0.05, 0.1) is 6.61 Å². The van der Waals surface area contributed by atoms with Crippen molar-refractivity contribution in [1.82, 2.24) is 0 Å². The molecule has 0 aromatic heterocycles. The van der Waals surface area contributed by atoms with Crippen LogP contribution < -0.4 is 0 Å². The van der Waals surface area contributed by atoms with Crippen LogP contribution >= 0.6 is 15.9 Å². The second-order valence-electron chi connectivity index (χ2n) is 3.66. The lowest BCUT2D eigenvalue weighted by atomic mass is 10.0.